The fourth-order valence-corrected chi connectivity index (χ4v) is 2.42. The average Bonchev–Trinajstić information content (AvgIpc) is 2.91. The number of nitrogens with one attached hydrogen (secondary N) is 2. The van der Waals surface area contributed by atoms with Gasteiger partial charge in [-0.3, -0.25) is 5.43 Å². The van der Waals surface area contributed by atoms with Crippen molar-refractivity contribution in [1.82, 2.24) is 10.4 Å². The normalized spacial score (nSPS) is 10.7. The maximum atomic E-state index is 5.19. The molecule has 0 unspecified atom stereocenters. The number of benzene rings is 1. The average molecular weight is 304 g/mol. The van der Waals surface area contributed by atoms with Crippen LogP contribution in [0.3, 0.4) is 0 Å². The van der Waals surface area contributed by atoms with Gasteiger partial charge in [-0.1, -0.05) is 17.7 Å². The molecule has 0 fully saturated rings. The van der Waals surface area contributed by atoms with E-state index in [-0.39, 0.29) is 0 Å². The van der Waals surface area contributed by atoms with Gasteiger partial charge in [0.1, 0.15) is 0 Å². The van der Waals surface area contributed by atoms with Crippen LogP contribution in [0.5, 0.6) is 0 Å². The highest BCUT2D eigenvalue weighted by molar-refractivity contribution is 7.80. The summed E-state index contributed by atoms with van der Waals surface area (Å²) in [6.07, 6.45) is 4.25. The monoisotopic (exact) mass is 304 g/mol. The Morgan fingerprint density at radius 3 is 3.00 bits per heavy atom. The standard InChI is InChI=1S/C14H16N4S2/c1-10-3-4-12(11(2)9-10)17-14(19)18-16-6-5-13-15-7-8-20-13/h3-4,6-9H,5H2,1-2H3,(H2,17,18,19)/b16-6+. The first-order valence-electron chi connectivity index (χ1n) is 6.19. The van der Waals surface area contributed by atoms with Crippen LogP contribution >= 0.6 is 23.6 Å². The maximum absolute atomic E-state index is 5.19. The highest BCUT2D eigenvalue weighted by atomic mass is 32.1. The van der Waals surface area contributed by atoms with Crippen LogP contribution in [0.2, 0.25) is 0 Å². The number of thiazole rings is 1. The Kier molecular flexibility index (Phi) is 5.20. The second kappa shape index (κ2) is 7.12. The second-order valence-electron chi connectivity index (χ2n) is 4.33. The molecule has 0 aliphatic rings. The van der Waals surface area contributed by atoms with Crippen LogP contribution in [-0.2, 0) is 6.42 Å². The van der Waals surface area contributed by atoms with E-state index in [1.807, 2.05) is 24.4 Å². The Morgan fingerprint density at radius 2 is 2.30 bits per heavy atom. The molecule has 0 amide bonds. The first-order chi connectivity index (χ1) is 9.65. The summed E-state index contributed by atoms with van der Waals surface area (Å²) in [5.41, 5.74) is 6.17. The van der Waals surface area contributed by atoms with Crippen molar-refractivity contribution in [3.63, 3.8) is 0 Å². The van der Waals surface area contributed by atoms with E-state index in [1.165, 1.54) is 5.56 Å². The number of anilines is 1. The molecule has 2 aromatic rings. The molecule has 0 saturated carbocycles. The lowest BCUT2D eigenvalue weighted by atomic mass is 10.1. The summed E-state index contributed by atoms with van der Waals surface area (Å²) in [5, 5.41) is 10.7. The SMILES string of the molecule is Cc1ccc(NC(=S)N/N=C/Cc2nccs2)c(C)c1. The molecule has 0 spiro atoms. The molecule has 0 radical (unpaired) electrons. The van der Waals surface area contributed by atoms with Gasteiger partial charge in [0, 0.05) is 29.9 Å². The summed E-state index contributed by atoms with van der Waals surface area (Å²) in [4.78, 5) is 4.17. The Hall–Kier alpha value is -1.79. The van der Waals surface area contributed by atoms with Crippen LogP contribution in [0, 0.1) is 13.8 Å². The number of aromatic nitrogens is 1. The van der Waals surface area contributed by atoms with Gasteiger partial charge in [0.05, 0.1) is 5.01 Å². The molecule has 0 aliphatic carbocycles. The zero-order valence-electron chi connectivity index (χ0n) is 11.4. The molecule has 2 N–H and O–H groups in total. The molecule has 1 heterocycles. The van der Waals surface area contributed by atoms with Crippen LogP contribution in [0.1, 0.15) is 16.1 Å². The third kappa shape index (κ3) is 4.40. The van der Waals surface area contributed by atoms with Crippen LogP contribution in [0.15, 0.2) is 34.9 Å². The van der Waals surface area contributed by atoms with Gasteiger partial charge in [-0.05, 0) is 37.7 Å². The quantitative estimate of drug-likeness (QED) is 0.517. The minimum absolute atomic E-state index is 0.479. The van der Waals surface area contributed by atoms with Crippen LogP contribution in [0.4, 0.5) is 5.69 Å². The molecule has 0 atom stereocenters. The van der Waals surface area contributed by atoms with E-state index in [1.54, 1.807) is 23.7 Å². The molecule has 6 heteroatoms. The lowest BCUT2D eigenvalue weighted by Crippen LogP contribution is -2.24. The molecule has 0 saturated heterocycles. The van der Waals surface area contributed by atoms with Gasteiger partial charge in [-0.25, -0.2) is 4.98 Å². The second-order valence-corrected chi connectivity index (χ2v) is 5.71. The van der Waals surface area contributed by atoms with Crippen LogP contribution < -0.4 is 10.7 Å². The van der Waals surface area contributed by atoms with Crippen LogP contribution in [-0.4, -0.2) is 16.3 Å². The minimum Gasteiger partial charge on any atom is -0.331 e. The number of aryl methyl sites for hydroxylation is 2. The summed E-state index contributed by atoms with van der Waals surface area (Å²) in [7, 11) is 0. The zero-order valence-corrected chi connectivity index (χ0v) is 13.0. The number of hydrazone groups is 1. The third-order valence-corrected chi connectivity index (χ3v) is 3.63. The van der Waals surface area contributed by atoms with E-state index in [0.29, 0.717) is 11.5 Å². The number of rotatable bonds is 4. The molecule has 1 aromatic carbocycles. The summed E-state index contributed by atoms with van der Waals surface area (Å²) in [5.74, 6) is 0. The van der Waals surface area contributed by atoms with Gasteiger partial charge in [-0.2, -0.15) is 5.10 Å². The maximum Gasteiger partial charge on any atom is 0.191 e. The van der Waals surface area contributed by atoms with Crippen molar-refractivity contribution in [2.75, 3.05) is 5.32 Å². The number of hydrogen-bond acceptors (Lipinski definition) is 4. The van der Waals surface area contributed by atoms with Crippen molar-refractivity contribution in [1.29, 1.82) is 0 Å². The van der Waals surface area contributed by atoms with Gasteiger partial charge in [0.2, 0.25) is 0 Å². The third-order valence-electron chi connectivity index (χ3n) is 2.64. The number of hydrogen-bond donors (Lipinski definition) is 2. The predicted octanol–water partition coefficient (Wildman–Crippen LogP) is 3.27. The Morgan fingerprint density at radius 1 is 1.45 bits per heavy atom. The van der Waals surface area contributed by atoms with Crippen molar-refractivity contribution in [3.8, 4) is 0 Å². The van der Waals surface area contributed by atoms with Crippen molar-refractivity contribution >= 4 is 40.6 Å². The van der Waals surface area contributed by atoms with E-state index in [0.717, 1.165) is 16.3 Å². The molecule has 4 nitrogen and oxygen atoms in total. The van der Waals surface area contributed by atoms with Gasteiger partial charge in [0.25, 0.3) is 0 Å². The Labute approximate surface area is 127 Å². The molecule has 0 bridgehead atoms. The van der Waals surface area contributed by atoms with Crippen molar-refractivity contribution in [2.45, 2.75) is 20.3 Å². The molecule has 104 valence electrons. The Bertz CT molecular complexity index is 606. The first-order valence-corrected chi connectivity index (χ1v) is 7.48. The summed E-state index contributed by atoms with van der Waals surface area (Å²) < 4.78 is 0. The topological polar surface area (TPSA) is 49.3 Å². The fraction of sp³-hybridized carbons (Fsp3) is 0.214. The molecule has 2 rings (SSSR count). The predicted molar refractivity (Wildman–Crippen MR) is 89.6 cm³/mol. The number of thiocarbonyl (C=S) groups is 1. The van der Waals surface area contributed by atoms with E-state index in [2.05, 4.69) is 33.8 Å². The van der Waals surface area contributed by atoms with Crippen molar-refractivity contribution in [2.24, 2.45) is 5.10 Å². The van der Waals surface area contributed by atoms with Crippen molar-refractivity contribution in [3.05, 3.63) is 45.9 Å². The molecule has 20 heavy (non-hydrogen) atoms. The largest absolute Gasteiger partial charge is 0.331 e. The zero-order chi connectivity index (χ0) is 14.4. The molecule has 0 aliphatic heterocycles. The van der Waals surface area contributed by atoms with Gasteiger partial charge in [0.15, 0.2) is 5.11 Å². The number of nitrogens with zero attached hydrogens (tertiary/aromatic N) is 2. The van der Waals surface area contributed by atoms with E-state index >= 15 is 0 Å². The smallest absolute Gasteiger partial charge is 0.191 e. The lowest BCUT2D eigenvalue weighted by molar-refractivity contribution is 1.04. The van der Waals surface area contributed by atoms with E-state index in [9.17, 15) is 0 Å². The summed E-state index contributed by atoms with van der Waals surface area (Å²) in [6, 6.07) is 6.16. The Balaban J connectivity index is 1.81. The van der Waals surface area contributed by atoms with E-state index < -0.39 is 0 Å². The fourth-order valence-electron chi connectivity index (χ4n) is 1.69. The minimum atomic E-state index is 0.479. The highest BCUT2D eigenvalue weighted by Gasteiger charge is 2.00. The summed E-state index contributed by atoms with van der Waals surface area (Å²) >= 11 is 6.80. The first kappa shape index (κ1) is 14.6. The van der Waals surface area contributed by atoms with Crippen molar-refractivity contribution < 1.29 is 0 Å². The highest BCUT2D eigenvalue weighted by Crippen LogP contribution is 2.15. The van der Waals surface area contributed by atoms with Gasteiger partial charge < -0.3 is 5.32 Å². The molecular weight excluding hydrogens is 288 g/mol. The molecular formula is C14H16N4S2. The van der Waals surface area contributed by atoms with Gasteiger partial charge in [-0.15, -0.1) is 11.3 Å². The molecule has 1 aromatic heterocycles. The summed E-state index contributed by atoms with van der Waals surface area (Å²) in [6.45, 7) is 4.11. The van der Waals surface area contributed by atoms with Crippen LogP contribution in [0.25, 0.3) is 0 Å². The lowest BCUT2D eigenvalue weighted by Gasteiger charge is -2.10. The van der Waals surface area contributed by atoms with E-state index in [4.69, 9.17) is 12.2 Å². The van der Waals surface area contributed by atoms with Gasteiger partial charge >= 0.3 is 0 Å².